The first-order chi connectivity index (χ1) is 15.6. The van der Waals surface area contributed by atoms with Gasteiger partial charge < -0.3 is 15.0 Å². The summed E-state index contributed by atoms with van der Waals surface area (Å²) in [6.07, 6.45) is 3.42. The molecule has 1 saturated heterocycles. The molecule has 0 aliphatic carbocycles. The van der Waals surface area contributed by atoms with Crippen LogP contribution in [0.1, 0.15) is 27.4 Å². The lowest BCUT2D eigenvalue weighted by molar-refractivity contribution is -0.125. The molecular weight excluding hydrogens is 426 g/mol. The van der Waals surface area contributed by atoms with Crippen LogP contribution in [0.4, 0.5) is 0 Å². The molecule has 0 saturated carbocycles. The lowest BCUT2D eigenvalue weighted by Gasteiger charge is -2.18. The Labute approximate surface area is 192 Å². The predicted molar refractivity (Wildman–Crippen MR) is 123 cm³/mol. The van der Waals surface area contributed by atoms with Gasteiger partial charge in [0.1, 0.15) is 5.75 Å². The van der Waals surface area contributed by atoms with Crippen LogP contribution < -0.4 is 10.1 Å². The molecule has 1 aliphatic rings. The molecule has 2 unspecified atom stereocenters. The van der Waals surface area contributed by atoms with Gasteiger partial charge in [0.2, 0.25) is 5.91 Å². The van der Waals surface area contributed by atoms with E-state index in [2.05, 4.69) is 10.3 Å². The molecule has 32 heavy (non-hydrogen) atoms. The maximum absolute atomic E-state index is 13.2. The van der Waals surface area contributed by atoms with Crippen molar-refractivity contribution < 1.29 is 14.3 Å². The number of rotatable bonds is 6. The zero-order valence-corrected chi connectivity index (χ0v) is 18.5. The van der Waals surface area contributed by atoms with E-state index < -0.39 is 5.92 Å². The van der Waals surface area contributed by atoms with Gasteiger partial charge in [0.25, 0.3) is 5.91 Å². The van der Waals surface area contributed by atoms with Crippen molar-refractivity contribution in [1.82, 2.24) is 15.2 Å². The first kappa shape index (κ1) is 21.8. The molecule has 1 aromatic heterocycles. The van der Waals surface area contributed by atoms with Crippen molar-refractivity contribution >= 4 is 23.4 Å². The average molecular weight is 450 g/mol. The molecule has 6 nitrogen and oxygen atoms in total. The van der Waals surface area contributed by atoms with E-state index in [4.69, 9.17) is 16.3 Å². The summed E-state index contributed by atoms with van der Waals surface area (Å²) in [7, 11) is 1.61. The molecule has 2 heterocycles. The summed E-state index contributed by atoms with van der Waals surface area (Å²) in [5.74, 6) is -0.120. The molecule has 164 valence electrons. The predicted octanol–water partition coefficient (Wildman–Crippen LogP) is 3.92. The number of methoxy groups -OCH3 is 1. The van der Waals surface area contributed by atoms with Crippen LogP contribution in [0.25, 0.3) is 0 Å². The van der Waals surface area contributed by atoms with E-state index in [-0.39, 0.29) is 17.7 Å². The minimum atomic E-state index is -0.398. The second kappa shape index (κ2) is 9.83. The quantitative estimate of drug-likeness (QED) is 0.619. The molecule has 0 radical (unpaired) electrons. The molecule has 1 N–H and O–H groups in total. The topological polar surface area (TPSA) is 71.5 Å². The van der Waals surface area contributed by atoms with Crippen LogP contribution in [0, 0.1) is 5.92 Å². The molecule has 2 amide bonds. The van der Waals surface area contributed by atoms with Gasteiger partial charge in [0.05, 0.1) is 23.6 Å². The third-order valence-electron chi connectivity index (χ3n) is 5.76. The third-order valence-corrected chi connectivity index (χ3v) is 6.09. The number of pyridine rings is 1. The standard InChI is InChI=1S/C25H24ClN3O3/c1-32-19-8-4-7-18(12-19)21-15-29(25(31)20-9-2-3-10-23(20)26)16-22(21)24(30)28-14-17-6-5-11-27-13-17/h2-13,21-22H,14-16H2,1H3,(H,28,30). The van der Waals surface area contributed by atoms with Crippen LogP contribution in [0.15, 0.2) is 73.1 Å². The fourth-order valence-electron chi connectivity index (χ4n) is 4.07. The molecule has 3 aromatic rings. The number of nitrogens with zero attached hydrogens (tertiary/aromatic N) is 2. The van der Waals surface area contributed by atoms with E-state index in [9.17, 15) is 9.59 Å². The zero-order chi connectivity index (χ0) is 22.5. The maximum Gasteiger partial charge on any atom is 0.255 e. The number of halogens is 1. The van der Waals surface area contributed by atoms with Crippen molar-refractivity contribution in [3.63, 3.8) is 0 Å². The van der Waals surface area contributed by atoms with Crippen LogP contribution in [-0.4, -0.2) is 41.9 Å². The second-order valence-electron chi connectivity index (χ2n) is 7.76. The Kier molecular flexibility index (Phi) is 6.71. The fourth-order valence-corrected chi connectivity index (χ4v) is 4.29. The van der Waals surface area contributed by atoms with Crippen molar-refractivity contribution in [2.45, 2.75) is 12.5 Å². The molecule has 4 rings (SSSR count). The van der Waals surface area contributed by atoms with Gasteiger partial charge >= 0.3 is 0 Å². The van der Waals surface area contributed by atoms with E-state index in [0.29, 0.717) is 36.0 Å². The van der Waals surface area contributed by atoms with Crippen molar-refractivity contribution in [2.75, 3.05) is 20.2 Å². The lowest BCUT2D eigenvalue weighted by atomic mass is 9.88. The zero-order valence-electron chi connectivity index (χ0n) is 17.7. The summed E-state index contributed by atoms with van der Waals surface area (Å²) in [6.45, 7) is 1.11. The highest BCUT2D eigenvalue weighted by atomic mass is 35.5. The Morgan fingerprint density at radius 3 is 2.72 bits per heavy atom. The Bertz CT molecular complexity index is 1110. The van der Waals surface area contributed by atoms with E-state index >= 15 is 0 Å². The minimum Gasteiger partial charge on any atom is -0.497 e. The Hall–Kier alpha value is -3.38. The highest BCUT2D eigenvalue weighted by molar-refractivity contribution is 6.33. The SMILES string of the molecule is COc1cccc(C2CN(C(=O)c3ccccc3Cl)CC2C(=O)NCc2cccnc2)c1. The van der Waals surface area contributed by atoms with Gasteiger partial charge in [0.15, 0.2) is 0 Å². The summed E-state index contributed by atoms with van der Waals surface area (Å²) in [5.41, 5.74) is 2.32. The van der Waals surface area contributed by atoms with E-state index in [0.717, 1.165) is 11.1 Å². The summed E-state index contributed by atoms with van der Waals surface area (Å²) in [5, 5.41) is 3.41. The number of hydrogen-bond acceptors (Lipinski definition) is 4. The molecule has 2 aromatic carbocycles. The number of likely N-dealkylation sites (tertiary alicyclic amines) is 1. The van der Waals surface area contributed by atoms with Gasteiger partial charge in [-0.15, -0.1) is 0 Å². The van der Waals surface area contributed by atoms with Crippen molar-refractivity contribution in [1.29, 1.82) is 0 Å². The Balaban J connectivity index is 1.58. The molecule has 0 spiro atoms. The van der Waals surface area contributed by atoms with Gasteiger partial charge in [-0.2, -0.15) is 0 Å². The molecular formula is C25H24ClN3O3. The van der Waals surface area contributed by atoms with Gasteiger partial charge in [-0.05, 0) is 41.5 Å². The average Bonchev–Trinajstić information content (AvgIpc) is 3.29. The summed E-state index contributed by atoms with van der Waals surface area (Å²) in [4.78, 5) is 32.2. The first-order valence-electron chi connectivity index (χ1n) is 10.4. The van der Waals surface area contributed by atoms with Crippen LogP contribution in [-0.2, 0) is 11.3 Å². The third kappa shape index (κ3) is 4.75. The first-order valence-corrected chi connectivity index (χ1v) is 10.8. The summed E-state index contributed by atoms with van der Waals surface area (Å²) in [6, 6.07) is 18.4. The Morgan fingerprint density at radius 1 is 1.12 bits per heavy atom. The highest BCUT2D eigenvalue weighted by Gasteiger charge is 2.41. The number of amides is 2. The largest absolute Gasteiger partial charge is 0.497 e. The summed E-state index contributed by atoms with van der Waals surface area (Å²) >= 11 is 6.26. The van der Waals surface area contributed by atoms with Crippen LogP contribution in [0.5, 0.6) is 5.75 Å². The van der Waals surface area contributed by atoms with Gasteiger partial charge in [-0.25, -0.2) is 0 Å². The van der Waals surface area contributed by atoms with E-state index in [1.165, 1.54) is 0 Å². The van der Waals surface area contributed by atoms with Crippen LogP contribution in [0.2, 0.25) is 5.02 Å². The van der Waals surface area contributed by atoms with E-state index in [1.54, 1.807) is 48.7 Å². The van der Waals surface area contributed by atoms with Gasteiger partial charge in [0, 0.05) is 37.9 Å². The second-order valence-corrected chi connectivity index (χ2v) is 8.17. The Morgan fingerprint density at radius 2 is 1.97 bits per heavy atom. The number of hydrogen-bond donors (Lipinski definition) is 1. The van der Waals surface area contributed by atoms with Crippen LogP contribution in [0.3, 0.4) is 0 Å². The van der Waals surface area contributed by atoms with Crippen LogP contribution >= 0.6 is 11.6 Å². The number of carbonyl (C=O) groups excluding carboxylic acids is 2. The molecule has 7 heteroatoms. The summed E-state index contributed by atoms with van der Waals surface area (Å²) < 4.78 is 5.37. The van der Waals surface area contributed by atoms with E-state index in [1.807, 2.05) is 36.4 Å². The highest BCUT2D eigenvalue weighted by Crippen LogP contribution is 2.35. The lowest BCUT2D eigenvalue weighted by Crippen LogP contribution is -2.35. The van der Waals surface area contributed by atoms with Crippen molar-refractivity contribution in [3.8, 4) is 5.75 Å². The number of benzene rings is 2. The number of ether oxygens (including phenoxy) is 1. The number of aromatic nitrogens is 1. The molecule has 0 bridgehead atoms. The normalized spacial score (nSPS) is 17.8. The molecule has 1 fully saturated rings. The van der Waals surface area contributed by atoms with Gasteiger partial charge in [-0.1, -0.05) is 41.9 Å². The number of nitrogens with one attached hydrogen (secondary N) is 1. The fraction of sp³-hybridized carbons (Fsp3) is 0.240. The minimum absolute atomic E-state index is 0.101. The van der Waals surface area contributed by atoms with Crippen molar-refractivity contribution in [3.05, 3.63) is 94.8 Å². The van der Waals surface area contributed by atoms with Crippen molar-refractivity contribution in [2.24, 2.45) is 5.92 Å². The monoisotopic (exact) mass is 449 g/mol. The number of carbonyl (C=O) groups is 2. The van der Waals surface area contributed by atoms with Gasteiger partial charge in [-0.3, -0.25) is 14.6 Å². The molecule has 2 atom stereocenters. The maximum atomic E-state index is 13.2. The molecule has 1 aliphatic heterocycles. The smallest absolute Gasteiger partial charge is 0.255 e.